The third-order valence-corrected chi connectivity index (χ3v) is 5.86. The first-order chi connectivity index (χ1) is 8.55. The van der Waals surface area contributed by atoms with Crippen LogP contribution in [-0.2, 0) is 6.42 Å². The smallest absolute Gasteiger partial charge is 0.0439 e. The molecule has 2 unspecified atom stereocenters. The zero-order valence-electron chi connectivity index (χ0n) is 10.4. The van der Waals surface area contributed by atoms with Gasteiger partial charge in [-0.15, -0.1) is 0 Å². The van der Waals surface area contributed by atoms with E-state index in [2.05, 4.69) is 12.3 Å². The van der Waals surface area contributed by atoms with Crippen molar-refractivity contribution in [1.29, 1.82) is 0 Å². The first-order valence-electron chi connectivity index (χ1n) is 6.09. The highest BCUT2D eigenvalue weighted by atomic mass is 35.5. The second kappa shape index (κ2) is 6.02. The zero-order chi connectivity index (χ0) is 13.2. The molecule has 18 heavy (non-hydrogen) atoms. The number of halogens is 2. The number of benzene rings is 1. The van der Waals surface area contributed by atoms with Crippen LogP contribution in [0.3, 0.4) is 0 Å². The van der Waals surface area contributed by atoms with Gasteiger partial charge in [-0.25, -0.2) is 0 Å². The fraction of sp³-hybridized carbons (Fsp3) is 0.538. The van der Waals surface area contributed by atoms with Gasteiger partial charge in [-0.3, -0.25) is 11.3 Å². The molecule has 2 atom stereocenters. The van der Waals surface area contributed by atoms with Crippen molar-refractivity contribution in [3.8, 4) is 0 Å². The Morgan fingerprint density at radius 2 is 2.28 bits per heavy atom. The Hall–Kier alpha value is 0.0700. The number of hydrogen-bond acceptors (Lipinski definition) is 3. The highest BCUT2D eigenvalue weighted by Crippen LogP contribution is 2.41. The first-order valence-corrected chi connectivity index (χ1v) is 7.83. The summed E-state index contributed by atoms with van der Waals surface area (Å²) in [6.45, 7) is 2.27. The van der Waals surface area contributed by atoms with Crippen molar-refractivity contribution in [1.82, 2.24) is 5.43 Å². The predicted molar refractivity (Wildman–Crippen MR) is 81.4 cm³/mol. The maximum Gasteiger partial charge on any atom is 0.0439 e. The van der Waals surface area contributed by atoms with Crippen molar-refractivity contribution in [3.05, 3.63) is 33.8 Å². The van der Waals surface area contributed by atoms with Crippen LogP contribution in [0.15, 0.2) is 18.2 Å². The van der Waals surface area contributed by atoms with Crippen LogP contribution in [-0.4, -0.2) is 16.5 Å². The topological polar surface area (TPSA) is 38.0 Å². The van der Waals surface area contributed by atoms with Crippen LogP contribution in [0.2, 0.25) is 10.0 Å². The van der Waals surface area contributed by atoms with Gasteiger partial charge < -0.3 is 0 Å². The second-order valence-corrected chi connectivity index (χ2v) is 7.40. The van der Waals surface area contributed by atoms with Crippen LogP contribution in [0, 0.1) is 0 Å². The molecule has 5 heteroatoms. The lowest BCUT2D eigenvalue weighted by Crippen LogP contribution is -2.50. The SMILES string of the molecule is CC1(C(Cc2cc(Cl)ccc2Cl)NN)CCCS1. The van der Waals surface area contributed by atoms with E-state index in [0.717, 1.165) is 22.0 Å². The molecule has 0 aliphatic carbocycles. The van der Waals surface area contributed by atoms with E-state index >= 15 is 0 Å². The van der Waals surface area contributed by atoms with Gasteiger partial charge in [0.25, 0.3) is 0 Å². The molecule has 100 valence electrons. The van der Waals surface area contributed by atoms with E-state index in [1.807, 2.05) is 30.0 Å². The summed E-state index contributed by atoms with van der Waals surface area (Å²) in [5, 5.41) is 1.47. The molecule has 1 heterocycles. The Morgan fingerprint density at radius 1 is 1.50 bits per heavy atom. The van der Waals surface area contributed by atoms with Gasteiger partial charge in [0.05, 0.1) is 0 Å². The summed E-state index contributed by atoms with van der Waals surface area (Å²) >= 11 is 14.2. The molecule has 1 aliphatic heterocycles. The van der Waals surface area contributed by atoms with Gasteiger partial charge in [0.1, 0.15) is 0 Å². The molecule has 3 N–H and O–H groups in total. The molecule has 1 aromatic rings. The van der Waals surface area contributed by atoms with Gasteiger partial charge in [0, 0.05) is 20.8 Å². The Labute approximate surface area is 123 Å². The monoisotopic (exact) mass is 304 g/mol. The summed E-state index contributed by atoms with van der Waals surface area (Å²) in [5.41, 5.74) is 4.01. The zero-order valence-corrected chi connectivity index (χ0v) is 12.7. The molecule has 0 saturated carbocycles. The van der Waals surface area contributed by atoms with Crippen molar-refractivity contribution in [2.45, 2.75) is 37.0 Å². The average molecular weight is 305 g/mol. The molecule has 2 nitrogen and oxygen atoms in total. The van der Waals surface area contributed by atoms with Gasteiger partial charge >= 0.3 is 0 Å². The predicted octanol–water partition coefficient (Wildman–Crippen LogP) is 3.65. The van der Waals surface area contributed by atoms with E-state index in [9.17, 15) is 0 Å². The van der Waals surface area contributed by atoms with E-state index in [-0.39, 0.29) is 10.8 Å². The number of hydrogen-bond donors (Lipinski definition) is 2. The summed E-state index contributed by atoms with van der Waals surface area (Å²) in [6, 6.07) is 5.79. The van der Waals surface area contributed by atoms with Crippen LogP contribution in [0.4, 0.5) is 0 Å². The van der Waals surface area contributed by atoms with Crippen molar-refractivity contribution in [3.63, 3.8) is 0 Å². The number of rotatable bonds is 4. The Balaban J connectivity index is 2.17. The minimum Gasteiger partial charge on any atom is -0.271 e. The Morgan fingerprint density at radius 3 is 2.89 bits per heavy atom. The van der Waals surface area contributed by atoms with Crippen LogP contribution < -0.4 is 11.3 Å². The normalized spacial score (nSPS) is 25.3. The first kappa shape index (κ1) is 14.5. The quantitative estimate of drug-likeness (QED) is 0.658. The van der Waals surface area contributed by atoms with E-state index in [1.54, 1.807) is 0 Å². The second-order valence-electron chi connectivity index (χ2n) is 4.92. The highest BCUT2D eigenvalue weighted by molar-refractivity contribution is 8.00. The molecule has 0 aromatic heterocycles. The van der Waals surface area contributed by atoms with Gasteiger partial charge in [0.2, 0.25) is 0 Å². The third kappa shape index (κ3) is 3.14. The molecule has 0 spiro atoms. The molecular weight excluding hydrogens is 287 g/mol. The largest absolute Gasteiger partial charge is 0.271 e. The van der Waals surface area contributed by atoms with Crippen LogP contribution in [0.1, 0.15) is 25.3 Å². The van der Waals surface area contributed by atoms with Gasteiger partial charge in [-0.05, 0) is 55.7 Å². The minimum absolute atomic E-state index is 0.181. The molecule has 0 radical (unpaired) electrons. The fourth-order valence-electron chi connectivity index (χ4n) is 2.45. The number of nitrogens with two attached hydrogens (primary N) is 1. The lowest BCUT2D eigenvalue weighted by Gasteiger charge is -2.33. The lowest BCUT2D eigenvalue weighted by molar-refractivity contribution is 0.405. The Kier molecular flexibility index (Phi) is 4.84. The van der Waals surface area contributed by atoms with Crippen LogP contribution in [0.5, 0.6) is 0 Å². The standard InChI is InChI=1S/C13H18Cl2N2S/c1-13(5-2-6-18-13)12(17-16)8-9-7-10(14)3-4-11(9)15/h3-4,7,12,17H,2,5-6,8,16H2,1H3. The number of thioether (sulfide) groups is 1. The van der Waals surface area contributed by atoms with E-state index in [1.165, 1.54) is 18.6 Å². The van der Waals surface area contributed by atoms with Crippen LogP contribution >= 0.6 is 35.0 Å². The average Bonchev–Trinajstić information content (AvgIpc) is 2.78. The van der Waals surface area contributed by atoms with Crippen molar-refractivity contribution in [2.75, 3.05) is 5.75 Å². The number of nitrogens with one attached hydrogen (secondary N) is 1. The number of hydrazine groups is 1. The van der Waals surface area contributed by atoms with Crippen molar-refractivity contribution >= 4 is 35.0 Å². The molecule has 1 saturated heterocycles. The Bertz CT molecular complexity index is 419. The molecule has 1 aliphatic rings. The van der Waals surface area contributed by atoms with E-state index < -0.39 is 0 Å². The summed E-state index contributed by atoms with van der Waals surface area (Å²) in [7, 11) is 0. The van der Waals surface area contributed by atoms with Gasteiger partial charge in [-0.2, -0.15) is 11.8 Å². The summed E-state index contributed by atoms with van der Waals surface area (Å²) < 4.78 is 0.181. The summed E-state index contributed by atoms with van der Waals surface area (Å²) in [4.78, 5) is 0. The van der Waals surface area contributed by atoms with Crippen LogP contribution in [0.25, 0.3) is 0 Å². The molecule has 0 amide bonds. The third-order valence-electron chi connectivity index (χ3n) is 3.62. The molecular formula is C13H18Cl2N2S. The molecule has 1 fully saturated rings. The van der Waals surface area contributed by atoms with Gasteiger partial charge in [0.15, 0.2) is 0 Å². The van der Waals surface area contributed by atoms with Crippen molar-refractivity contribution < 1.29 is 0 Å². The van der Waals surface area contributed by atoms with Crippen molar-refractivity contribution in [2.24, 2.45) is 5.84 Å². The molecule has 0 bridgehead atoms. The summed E-state index contributed by atoms with van der Waals surface area (Å²) in [6.07, 6.45) is 3.24. The van der Waals surface area contributed by atoms with E-state index in [0.29, 0.717) is 0 Å². The summed E-state index contributed by atoms with van der Waals surface area (Å²) in [5.74, 6) is 6.94. The maximum absolute atomic E-state index is 6.22. The highest BCUT2D eigenvalue weighted by Gasteiger charge is 2.37. The minimum atomic E-state index is 0.181. The molecule has 1 aromatic carbocycles. The molecule has 2 rings (SSSR count). The fourth-order valence-corrected chi connectivity index (χ4v) is 4.23. The maximum atomic E-state index is 6.22. The van der Waals surface area contributed by atoms with E-state index in [4.69, 9.17) is 29.0 Å². The van der Waals surface area contributed by atoms with Gasteiger partial charge in [-0.1, -0.05) is 23.2 Å². The lowest BCUT2D eigenvalue weighted by atomic mass is 9.91.